The van der Waals surface area contributed by atoms with Crippen molar-refractivity contribution in [2.45, 2.75) is 66.6 Å². The van der Waals surface area contributed by atoms with Crippen molar-refractivity contribution < 1.29 is 9.84 Å². The lowest BCUT2D eigenvalue weighted by Crippen LogP contribution is -2.03. The molecule has 7 heteroatoms. The summed E-state index contributed by atoms with van der Waals surface area (Å²) in [4.78, 5) is 4.04. The molecule has 0 atom stereocenters. The standard InChI is InChI=1S/C14H18N2OS.C8H10O.2C4H7Cl/c1-10-13(9-17)11(2)16(14(10)18-3)8-12-4-6-15-7-5-12;1-7-3-5-8(9-2)6-4-7;2*1-3-4(2)5/h4-7,17H,8-9H2,1-3H3;3-6H,1-2H3;2*3H,1-2H3/b;;2*4-3+. The van der Waals surface area contributed by atoms with Crippen LogP contribution in [0.4, 0.5) is 0 Å². The fraction of sp³-hybridized carbons (Fsp3) is 0.367. The van der Waals surface area contributed by atoms with Crippen molar-refractivity contribution in [2.24, 2.45) is 0 Å². The first kappa shape index (κ1) is 34.8. The van der Waals surface area contributed by atoms with Crippen molar-refractivity contribution in [1.82, 2.24) is 9.55 Å². The molecule has 0 aliphatic heterocycles. The second-order valence-electron chi connectivity index (χ2n) is 8.07. The zero-order chi connectivity index (χ0) is 28.4. The molecule has 0 fully saturated rings. The third-order valence-corrected chi connectivity index (χ3v) is 6.70. The van der Waals surface area contributed by atoms with Gasteiger partial charge >= 0.3 is 0 Å². The minimum absolute atomic E-state index is 0.106. The van der Waals surface area contributed by atoms with Crippen LogP contribution in [0.2, 0.25) is 0 Å². The lowest BCUT2D eigenvalue weighted by atomic mass is 10.2. The van der Waals surface area contributed by atoms with Crippen LogP contribution in [-0.4, -0.2) is 28.0 Å². The molecular weight excluding hydrogens is 523 g/mol. The minimum atomic E-state index is 0.106. The number of hydrogen-bond acceptors (Lipinski definition) is 4. The van der Waals surface area contributed by atoms with E-state index in [1.54, 1.807) is 18.9 Å². The smallest absolute Gasteiger partial charge is 0.118 e. The summed E-state index contributed by atoms with van der Waals surface area (Å²) in [5, 5.41) is 12.4. The quantitative estimate of drug-likeness (QED) is 0.314. The minimum Gasteiger partial charge on any atom is -0.497 e. The number of ether oxygens (including phenoxy) is 1. The van der Waals surface area contributed by atoms with E-state index in [1.165, 1.54) is 21.7 Å². The van der Waals surface area contributed by atoms with E-state index >= 15 is 0 Å². The third kappa shape index (κ3) is 13.8. The zero-order valence-corrected chi connectivity index (χ0v) is 25.9. The summed E-state index contributed by atoms with van der Waals surface area (Å²) in [6.45, 7) is 14.6. The van der Waals surface area contributed by atoms with Gasteiger partial charge in [0.25, 0.3) is 0 Å². The largest absolute Gasteiger partial charge is 0.497 e. The van der Waals surface area contributed by atoms with E-state index in [-0.39, 0.29) is 6.61 Å². The van der Waals surface area contributed by atoms with Crippen LogP contribution in [0.1, 0.15) is 55.6 Å². The van der Waals surface area contributed by atoms with Gasteiger partial charge in [0, 0.05) is 40.3 Å². The molecule has 0 unspecified atom stereocenters. The summed E-state index contributed by atoms with van der Waals surface area (Å²) in [7, 11) is 1.67. The number of aliphatic hydroxyl groups excluding tert-OH is 1. The molecule has 0 radical (unpaired) electrons. The number of aliphatic hydroxyl groups is 1. The predicted molar refractivity (Wildman–Crippen MR) is 163 cm³/mol. The first-order chi connectivity index (χ1) is 17.6. The Hall–Kier alpha value is -2.18. The third-order valence-electron chi connectivity index (χ3n) is 5.35. The Bertz CT molecular complexity index is 1070. The number of rotatable bonds is 5. The molecule has 0 amide bonds. The number of aromatic nitrogens is 2. The Labute approximate surface area is 238 Å². The molecule has 37 heavy (non-hydrogen) atoms. The SMILES string of the molecule is C/C=C(\C)Cl.C/C=C(\C)Cl.COc1ccc(C)cc1.CSc1c(C)c(CO)c(C)n1Cc1ccncc1. The molecule has 204 valence electrons. The van der Waals surface area contributed by atoms with Gasteiger partial charge in [-0.1, -0.05) is 53.1 Å². The van der Waals surface area contributed by atoms with E-state index in [0.29, 0.717) is 0 Å². The molecule has 1 aromatic carbocycles. The highest BCUT2D eigenvalue weighted by atomic mass is 35.5. The number of benzene rings is 1. The molecule has 3 rings (SSSR count). The Morgan fingerprint density at radius 3 is 1.84 bits per heavy atom. The first-order valence-electron chi connectivity index (χ1n) is 12.0. The molecule has 0 bridgehead atoms. The van der Waals surface area contributed by atoms with Crippen molar-refractivity contribution >= 4 is 35.0 Å². The van der Waals surface area contributed by atoms with Gasteiger partial charge in [0.1, 0.15) is 5.75 Å². The molecule has 1 N–H and O–H groups in total. The molecule has 0 aliphatic rings. The van der Waals surface area contributed by atoms with Gasteiger partial charge in [-0.25, -0.2) is 0 Å². The zero-order valence-electron chi connectivity index (χ0n) is 23.6. The molecule has 0 spiro atoms. The van der Waals surface area contributed by atoms with Crippen LogP contribution >= 0.6 is 35.0 Å². The highest BCUT2D eigenvalue weighted by Crippen LogP contribution is 2.29. The fourth-order valence-electron chi connectivity index (χ4n) is 2.95. The number of methoxy groups -OCH3 is 1. The molecule has 3 aromatic rings. The van der Waals surface area contributed by atoms with Crippen LogP contribution in [0.25, 0.3) is 0 Å². The molecule has 2 heterocycles. The van der Waals surface area contributed by atoms with Crippen molar-refractivity contribution in [3.05, 3.63) is 99.0 Å². The fourth-order valence-corrected chi connectivity index (χ4v) is 3.80. The molecular formula is C30H42Cl2N2O2S. The topological polar surface area (TPSA) is 47.3 Å². The Morgan fingerprint density at radius 2 is 1.46 bits per heavy atom. The first-order valence-corrected chi connectivity index (χ1v) is 13.9. The monoisotopic (exact) mass is 564 g/mol. The highest BCUT2D eigenvalue weighted by Gasteiger charge is 2.16. The van der Waals surface area contributed by atoms with Gasteiger partial charge < -0.3 is 14.4 Å². The second kappa shape index (κ2) is 19.9. The van der Waals surface area contributed by atoms with Gasteiger partial charge in [0.15, 0.2) is 0 Å². The van der Waals surface area contributed by atoms with Crippen LogP contribution < -0.4 is 4.74 Å². The van der Waals surface area contributed by atoms with Crippen LogP contribution in [-0.2, 0) is 13.2 Å². The summed E-state index contributed by atoms with van der Waals surface area (Å²) in [6, 6.07) is 12.0. The van der Waals surface area contributed by atoms with Crippen LogP contribution in [0, 0.1) is 20.8 Å². The normalized spacial score (nSPS) is 10.8. The number of nitrogens with zero attached hydrogens (tertiary/aromatic N) is 2. The number of halogens is 2. The Balaban J connectivity index is 0.000000566. The maximum absolute atomic E-state index is 9.47. The van der Waals surface area contributed by atoms with Crippen molar-refractivity contribution in [3.63, 3.8) is 0 Å². The van der Waals surface area contributed by atoms with Crippen molar-refractivity contribution in [2.75, 3.05) is 13.4 Å². The maximum Gasteiger partial charge on any atom is 0.118 e. The van der Waals surface area contributed by atoms with Crippen molar-refractivity contribution in [3.8, 4) is 5.75 Å². The van der Waals surface area contributed by atoms with Crippen LogP contribution in [0.5, 0.6) is 5.75 Å². The van der Waals surface area contributed by atoms with E-state index in [2.05, 4.69) is 36.6 Å². The number of allylic oxidation sites excluding steroid dienone is 4. The average molecular weight is 566 g/mol. The number of aryl methyl sites for hydroxylation is 1. The highest BCUT2D eigenvalue weighted by molar-refractivity contribution is 7.98. The average Bonchev–Trinajstić information content (AvgIpc) is 3.13. The van der Waals surface area contributed by atoms with Gasteiger partial charge in [0.2, 0.25) is 0 Å². The summed E-state index contributed by atoms with van der Waals surface area (Å²) in [5.41, 5.74) is 5.87. The molecule has 4 nitrogen and oxygen atoms in total. The lowest BCUT2D eigenvalue weighted by Gasteiger charge is -2.10. The van der Waals surface area contributed by atoms with Crippen LogP contribution in [0.15, 0.2) is 76.0 Å². The van der Waals surface area contributed by atoms with Crippen LogP contribution in [0.3, 0.4) is 0 Å². The van der Waals surface area contributed by atoms with E-state index < -0.39 is 0 Å². The summed E-state index contributed by atoms with van der Waals surface area (Å²) in [6.07, 6.45) is 9.40. The molecule has 2 aromatic heterocycles. The summed E-state index contributed by atoms with van der Waals surface area (Å²) >= 11 is 12.4. The van der Waals surface area contributed by atoms with Crippen molar-refractivity contribution in [1.29, 1.82) is 0 Å². The Kier molecular flexibility index (Phi) is 18.7. The van der Waals surface area contributed by atoms with Gasteiger partial charge in [-0.2, -0.15) is 0 Å². The van der Waals surface area contributed by atoms with Gasteiger partial charge in [-0.15, -0.1) is 11.8 Å². The molecule has 0 aliphatic carbocycles. The number of thioether (sulfide) groups is 1. The van der Waals surface area contributed by atoms with Gasteiger partial charge in [-0.05, 0) is 90.1 Å². The number of hydrogen-bond donors (Lipinski definition) is 1. The maximum atomic E-state index is 9.47. The molecule has 0 saturated heterocycles. The van der Waals surface area contributed by atoms with E-state index in [4.69, 9.17) is 27.9 Å². The summed E-state index contributed by atoms with van der Waals surface area (Å²) < 4.78 is 7.23. The van der Waals surface area contributed by atoms with E-state index in [0.717, 1.165) is 33.6 Å². The van der Waals surface area contributed by atoms with Gasteiger partial charge in [0.05, 0.1) is 18.7 Å². The van der Waals surface area contributed by atoms with E-state index in [1.807, 2.05) is 88.6 Å². The predicted octanol–water partition coefficient (Wildman–Crippen LogP) is 9.06. The number of pyridine rings is 1. The van der Waals surface area contributed by atoms with E-state index in [9.17, 15) is 5.11 Å². The summed E-state index contributed by atoms with van der Waals surface area (Å²) in [5.74, 6) is 0.917. The molecule has 0 saturated carbocycles. The Morgan fingerprint density at radius 1 is 0.973 bits per heavy atom. The second-order valence-corrected chi connectivity index (χ2v) is 10.1. The lowest BCUT2D eigenvalue weighted by molar-refractivity contribution is 0.280. The van der Waals surface area contributed by atoms with Gasteiger partial charge in [-0.3, -0.25) is 4.98 Å².